The third-order valence-electron chi connectivity index (χ3n) is 5.90. The number of methoxy groups -OCH3 is 1. The average Bonchev–Trinajstić information content (AvgIpc) is 2.84. The van der Waals surface area contributed by atoms with Crippen LogP contribution < -0.4 is 4.74 Å². The summed E-state index contributed by atoms with van der Waals surface area (Å²) in [5, 5.41) is 11.8. The van der Waals surface area contributed by atoms with Crippen LogP contribution in [-0.4, -0.2) is 65.6 Å². The SMILES string of the molecule is COc1ccc2nccc([C@@H](O)CN3CCN(C(=O)C/C=C/c4ccccc4)CC3)c2c1. The smallest absolute Gasteiger partial charge is 0.226 e. The largest absolute Gasteiger partial charge is 0.497 e. The van der Waals surface area contributed by atoms with Gasteiger partial charge in [-0.2, -0.15) is 0 Å². The van der Waals surface area contributed by atoms with Gasteiger partial charge in [0.25, 0.3) is 0 Å². The molecule has 1 atom stereocenters. The molecule has 4 rings (SSSR count). The number of aliphatic hydroxyl groups is 1. The molecule has 1 fully saturated rings. The summed E-state index contributed by atoms with van der Waals surface area (Å²) in [5.41, 5.74) is 2.78. The number of pyridine rings is 1. The van der Waals surface area contributed by atoms with Crippen LogP contribution in [0.15, 0.2) is 66.9 Å². The highest BCUT2D eigenvalue weighted by Gasteiger charge is 2.23. The lowest BCUT2D eigenvalue weighted by Gasteiger charge is -2.35. The van der Waals surface area contributed by atoms with Crippen molar-refractivity contribution >= 4 is 22.9 Å². The Bertz CT molecular complexity index is 1080. The van der Waals surface area contributed by atoms with Crippen LogP contribution in [0.4, 0.5) is 0 Å². The van der Waals surface area contributed by atoms with Crippen LogP contribution in [0.5, 0.6) is 5.75 Å². The molecule has 32 heavy (non-hydrogen) atoms. The fourth-order valence-corrected chi connectivity index (χ4v) is 4.08. The average molecular weight is 432 g/mol. The first kappa shape index (κ1) is 22.0. The fourth-order valence-electron chi connectivity index (χ4n) is 4.08. The van der Waals surface area contributed by atoms with Gasteiger partial charge in [-0.05, 0) is 35.4 Å². The molecule has 3 aromatic rings. The molecule has 1 aliphatic heterocycles. The Labute approximate surface area is 188 Å². The van der Waals surface area contributed by atoms with Crippen molar-refractivity contribution in [3.8, 4) is 5.75 Å². The number of benzene rings is 2. The molecule has 6 heteroatoms. The number of amides is 1. The summed E-state index contributed by atoms with van der Waals surface area (Å²) < 4.78 is 5.33. The van der Waals surface area contributed by atoms with Crippen LogP contribution in [0.3, 0.4) is 0 Å². The summed E-state index contributed by atoms with van der Waals surface area (Å²) in [6.45, 7) is 3.37. The normalized spacial score (nSPS) is 15.9. The molecule has 1 aliphatic rings. The molecule has 0 aliphatic carbocycles. The summed E-state index contributed by atoms with van der Waals surface area (Å²) in [6.07, 6.45) is 5.41. The van der Waals surface area contributed by atoms with Crippen molar-refractivity contribution in [1.82, 2.24) is 14.8 Å². The van der Waals surface area contributed by atoms with E-state index in [1.54, 1.807) is 13.3 Å². The Morgan fingerprint density at radius 1 is 1.12 bits per heavy atom. The molecule has 0 saturated carbocycles. The molecular formula is C26H29N3O3. The number of piperazine rings is 1. The number of nitrogens with zero attached hydrogens (tertiary/aromatic N) is 3. The number of hydrogen-bond donors (Lipinski definition) is 1. The molecule has 1 aromatic heterocycles. The molecule has 0 unspecified atom stereocenters. The predicted molar refractivity (Wildman–Crippen MR) is 126 cm³/mol. The highest BCUT2D eigenvalue weighted by atomic mass is 16.5. The van der Waals surface area contributed by atoms with Crippen molar-refractivity contribution in [2.24, 2.45) is 0 Å². The van der Waals surface area contributed by atoms with Gasteiger partial charge in [-0.15, -0.1) is 0 Å². The van der Waals surface area contributed by atoms with Gasteiger partial charge >= 0.3 is 0 Å². The quantitative estimate of drug-likeness (QED) is 0.620. The van der Waals surface area contributed by atoms with E-state index >= 15 is 0 Å². The number of fused-ring (bicyclic) bond motifs is 1. The first-order valence-electron chi connectivity index (χ1n) is 11.0. The van der Waals surface area contributed by atoms with E-state index in [-0.39, 0.29) is 5.91 Å². The van der Waals surface area contributed by atoms with Crippen LogP contribution in [-0.2, 0) is 4.79 Å². The van der Waals surface area contributed by atoms with Crippen molar-refractivity contribution in [3.05, 3.63) is 78.0 Å². The zero-order valence-corrected chi connectivity index (χ0v) is 18.4. The Hall–Kier alpha value is -3.22. The van der Waals surface area contributed by atoms with Crippen LogP contribution in [0.1, 0.15) is 23.7 Å². The van der Waals surface area contributed by atoms with Crippen LogP contribution in [0.2, 0.25) is 0 Å². The number of hydrogen-bond acceptors (Lipinski definition) is 5. The van der Waals surface area contributed by atoms with E-state index in [1.165, 1.54) is 0 Å². The number of rotatable bonds is 7. The number of aliphatic hydroxyl groups excluding tert-OH is 1. The lowest BCUT2D eigenvalue weighted by Crippen LogP contribution is -2.49. The van der Waals surface area contributed by atoms with E-state index < -0.39 is 6.10 Å². The first-order valence-corrected chi connectivity index (χ1v) is 11.0. The maximum Gasteiger partial charge on any atom is 0.226 e. The highest BCUT2D eigenvalue weighted by Crippen LogP contribution is 2.27. The minimum atomic E-state index is -0.635. The van der Waals surface area contributed by atoms with Gasteiger partial charge in [-0.25, -0.2) is 0 Å². The van der Waals surface area contributed by atoms with Crippen molar-refractivity contribution in [3.63, 3.8) is 0 Å². The summed E-state index contributed by atoms with van der Waals surface area (Å²) >= 11 is 0. The third kappa shape index (κ3) is 5.33. The van der Waals surface area contributed by atoms with E-state index in [0.717, 1.165) is 40.9 Å². The van der Waals surface area contributed by atoms with Crippen molar-refractivity contribution in [2.75, 3.05) is 39.8 Å². The second-order valence-electron chi connectivity index (χ2n) is 8.00. The monoisotopic (exact) mass is 431 g/mol. The van der Waals surface area contributed by atoms with Crippen molar-refractivity contribution < 1.29 is 14.6 Å². The first-order chi connectivity index (χ1) is 15.6. The van der Waals surface area contributed by atoms with Gasteiger partial charge < -0.3 is 14.7 Å². The van der Waals surface area contributed by atoms with Gasteiger partial charge in [0, 0.05) is 50.7 Å². The molecule has 2 heterocycles. The Morgan fingerprint density at radius 3 is 2.66 bits per heavy atom. The van der Waals surface area contributed by atoms with Gasteiger partial charge in [0.1, 0.15) is 5.75 Å². The van der Waals surface area contributed by atoms with E-state index in [4.69, 9.17) is 4.74 Å². The highest BCUT2D eigenvalue weighted by molar-refractivity contribution is 5.84. The summed E-state index contributed by atoms with van der Waals surface area (Å²) in [5.74, 6) is 0.886. The van der Waals surface area contributed by atoms with Crippen LogP contribution >= 0.6 is 0 Å². The standard InChI is InChI=1S/C26H29N3O3/c1-32-21-10-11-24-23(18-21)22(12-13-27-24)25(30)19-28-14-16-29(17-15-28)26(31)9-5-8-20-6-3-2-4-7-20/h2-8,10-13,18,25,30H,9,14-17,19H2,1H3/b8-5+/t25-/m0/s1. The second-order valence-corrected chi connectivity index (χ2v) is 8.00. The van der Waals surface area contributed by atoms with E-state index in [0.29, 0.717) is 26.1 Å². The molecule has 0 radical (unpaired) electrons. The summed E-state index contributed by atoms with van der Waals surface area (Å²) in [6, 6.07) is 17.6. The van der Waals surface area contributed by atoms with Gasteiger partial charge in [-0.3, -0.25) is 14.7 Å². The minimum Gasteiger partial charge on any atom is -0.497 e. The third-order valence-corrected chi connectivity index (χ3v) is 5.90. The van der Waals surface area contributed by atoms with E-state index in [2.05, 4.69) is 9.88 Å². The molecule has 1 amide bonds. The van der Waals surface area contributed by atoms with Crippen LogP contribution in [0, 0.1) is 0 Å². The predicted octanol–water partition coefficient (Wildman–Crippen LogP) is 3.52. The topological polar surface area (TPSA) is 65.9 Å². The number of carbonyl (C=O) groups excluding carboxylic acids is 1. The van der Waals surface area contributed by atoms with Gasteiger partial charge in [0.2, 0.25) is 5.91 Å². The number of carbonyl (C=O) groups is 1. The molecule has 0 bridgehead atoms. The lowest BCUT2D eigenvalue weighted by atomic mass is 10.0. The molecule has 1 N–H and O–H groups in total. The van der Waals surface area contributed by atoms with E-state index in [9.17, 15) is 9.90 Å². The molecule has 2 aromatic carbocycles. The van der Waals surface area contributed by atoms with Gasteiger partial charge in [0.05, 0.1) is 18.7 Å². The molecular weight excluding hydrogens is 402 g/mol. The molecule has 166 valence electrons. The van der Waals surface area contributed by atoms with Gasteiger partial charge in [-0.1, -0.05) is 42.5 Å². The summed E-state index contributed by atoms with van der Waals surface area (Å²) in [4.78, 5) is 21.0. The lowest BCUT2D eigenvalue weighted by molar-refractivity contribution is -0.132. The number of β-amino-alcohol motifs (C(OH)–C–C–N with tert-alkyl or cyclic N) is 1. The van der Waals surface area contributed by atoms with Crippen LogP contribution in [0.25, 0.3) is 17.0 Å². The maximum atomic E-state index is 12.5. The number of aromatic nitrogens is 1. The molecule has 0 spiro atoms. The van der Waals surface area contributed by atoms with E-state index in [1.807, 2.05) is 71.6 Å². The zero-order valence-electron chi connectivity index (χ0n) is 18.4. The summed E-state index contributed by atoms with van der Waals surface area (Å²) in [7, 11) is 1.63. The fraction of sp³-hybridized carbons (Fsp3) is 0.308. The Balaban J connectivity index is 1.31. The zero-order chi connectivity index (χ0) is 22.3. The molecule has 6 nitrogen and oxygen atoms in total. The van der Waals surface area contributed by atoms with Crippen molar-refractivity contribution in [1.29, 1.82) is 0 Å². The minimum absolute atomic E-state index is 0.143. The maximum absolute atomic E-state index is 12.5. The Kier molecular flexibility index (Phi) is 7.14. The Morgan fingerprint density at radius 2 is 1.91 bits per heavy atom. The number of ether oxygens (including phenoxy) is 1. The van der Waals surface area contributed by atoms with Gasteiger partial charge in [0.15, 0.2) is 0 Å². The van der Waals surface area contributed by atoms with Crippen molar-refractivity contribution in [2.45, 2.75) is 12.5 Å². The molecule has 1 saturated heterocycles. The second kappa shape index (κ2) is 10.4.